The van der Waals surface area contributed by atoms with Gasteiger partial charge in [-0.15, -0.1) is 0 Å². The molecule has 0 radical (unpaired) electrons. The molecule has 0 spiro atoms. The molecule has 18 heavy (non-hydrogen) atoms. The molecule has 0 heterocycles. The Balaban J connectivity index is 2.36. The number of rotatable bonds is 8. The monoisotopic (exact) mass is 254 g/mol. The second-order valence-corrected chi connectivity index (χ2v) is 4.74. The lowest BCUT2D eigenvalue weighted by molar-refractivity contribution is -0.137. The van der Waals surface area contributed by atoms with Crippen molar-refractivity contribution in [2.75, 3.05) is 19.6 Å². The number of primary amides is 1. The summed E-state index contributed by atoms with van der Waals surface area (Å²) < 4.78 is 0. The molecular formula is C13H22N2O3. The predicted octanol–water partition coefficient (Wildman–Crippen LogP) is 1.14. The van der Waals surface area contributed by atoms with E-state index >= 15 is 0 Å². The van der Waals surface area contributed by atoms with Crippen molar-refractivity contribution >= 4 is 11.9 Å². The van der Waals surface area contributed by atoms with Crippen molar-refractivity contribution in [3.63, 3.8) is 0 Å². The van der Waals surface area contributed by atoms with Crippen LogP contribution >= 0.6 is 0 Å². The van der Waals surface area contributed by atoms with E-state index in [0.717, 1.165) is 19.3 Å². The molecule has 102 valence electrons. The zero-order chi connectivity index (χ0) is 13.4. The quantitative estimate of drug-likeness (QED) is 0.636. The molecule has 0 aromatic rings. The lowest BCUT2D eigenvalue weighted by atomic mass is 9.97. The molecule has 1 aliphatic rings. The minimum absolute atomic E-state index is 0.0479. The van der Waals surface area contributed by atoms with Crippen LogP contribution in [0.3, 0.4) is 0 Å². The second-order valence-electron chi connectivity index (χ2n) is 4.74. The fraction of sp³-hybridized carbons (Fsp3) is 0.692. The zero-order valence-electron chi connectivity index (χ0n) is 10.7. The van der Waals surface area contributed by atoms with Crippen LogP contribution in [0.5, 0.6) is 0 Å². The first-order valence-electron chi connectivity index (χ1n) is 6.48. The first kappa shape index (κ1) is 14.7. The molecule has 0 aromatic heterocycles. The summed E-state index contributed by atoms with van der Waals surface area (Å²) in [6.07, 6.45) is 7.98. The summed E-state index contributed by atoms with van der Waals surface area (Å²) in [4.78, 5) is 23.3. The molecule has 5 nitrogen and oxygen atoms in total. The Morgan fingerprint density at radius 2 is 2.11 bits per heavy atom. The van der Waals surface area contributed by atoms with E-state index in [9.17, 15) is 9.59 Å². The first-order valence-corrected chi connectivity index (χ1v) is 6.48. The van der Waals surface area contributed by atoms with Crippen molar-refractivity contribution in [1.29, 1.82) is 0 Å². The summed E-state index contributed by atoms with van der Waals surface area (Å²) in [5, 5.41) is 8.66. The molecule has 5 heteroatoms. The second kappa shape index (κ2) is 7.87. The molecular weight excluding hydrogens is 232 g/mol. The van der Waals surface area contributed by atoms with E-state index in [4.69, 9.17) is 10.8 Å². The molecule has 1 rings (SSSR count). The lowest BCUT2D eigenvalue weighted by Gasteiger charge is -2.21. The Kier molecular flexibility index (Phi) is 6.43. The molecule has 0 atom stereocenters. The Labute approximate surface area is 108 Å². The van der Waals surface area contributed by atoms with Gasteiger partial charge in [-0.05, 0) is 32.1 Å². The lowest BCUT2D eigenvalue weighted by Crippen LogP contribution is -2.36. The van der Waals surface area contributed by atoms with Crippen LogP contribution in [0.15, 0.2) is 11.6 Å². The van der Waals surface area contributed by atoms with Gasteiger partial charge >= 0.3 is 5.97 Å². The van der Waals surface area contributed by atoms with Gasteiger partial charge in [0.15, 0.2) is 0 Å². The van der Waals surface area contributed by atoms with Gasteiger partial charge in [-0.3, -0.25) is 14.5 Å². The van der Waals surface area contributed by atoms with E-state index < -0.39 is 11.9 Å². The number of carboxylic acids is 1. The van der Waals surface area contributed by atoms with Crippen LogP contribution in [0.25, 0.3) is 0 Å². The number of amides is 1. The normalized spacial score (nSPS) is 15.5. The summed E-state index contributed by atoms with van der Waals surface area (Å²) in [5.41, 5.74) is 6.59. The average molecular weight is 254 g/mol. The number of aliphatic carboxylic acids is 1. The van der Waals surface area contributed by atoms with Gasteiger partial charge in [0.25, 0.3) is 0 Å². The fourth-order valence-electron chi connectivity index (χ4n) is 2.18. The number of carbonyl (C=O) groups is 2. The van der Waals surface area contributed by atoms with Gasteiger partial charge in [-0.25, -0.2) is 0 Å². The molecule has 0 saturated heterocycles. The van der Waals surface area contributed by atoms with Crippen molar-refractivity contribution in [2.24, 2.45) is 5.73 Å². The highest BCUT2D eigenvalue weighted by atomic mass is 16.4. The summed E-state index contributed by atoms with van der Waals surface area (Å²) in [5.74, 6) is -1.25. The molecule has 3 N–H and O–H groups in total. The first-order chi connectivity index (χ1) is 8.58. The third kappa shape index (κ3) is 6.39. The van der Waals surface area contributed by atoms with Gasteiger partial charge in [-0.2, -0.15) is 0 Å². The van der Waals surface area contributed by atoms with Crippen LogP contribution in [0.4, 0.5) is 0 Å². The molecule has 1 aliphatic carbocycles. The van der Waals surface area contributed by atoms with Crippen molar-refractivity contribution < 1.29 is 14.7 Å². The Bertz CT molecular complexity index is 326. The summed E-state index contributed by atoms with van der Waals surface area (Å²) in [6, 6.07) is 0. The molecule has 0 unspecified atom stereocenters. The minimum atomic E-state index is -0.846. The standard InChI is InChI=1S/C13H22N2O3/c14-12(16)10-15(9-7-13(17)18)8-6-11-4-2-1-3-5-11/h4H,1-3,5-10H2,(H2,14,16)(H,17,18). The van der Waals surface area contributed by atoms with Crippen molar-refractivity contribution in [2.45, 2.75) is 38.5 Å². The third-order valence-electron chi connectivity index (χ3n) is 3.16. The maximum atomic E-state index is 10.9. The zero-order valence-corrected chi connectivity index (χ0v) is 10.7. The van der Waals surface area contributed by atoms with Crippen LogP contribution in [0, 0.1) is 0 Å². The maximum Gasteiger partial charge on any atom is 0.304 e. The number of hydrogen-bond acceptors (Lipinski definition) is 3. The molecule has 0 aromatic carbocycles. The van der Waals surface area contributed by atoms with Crippen LogP contribution in [0.1, 0.15) is 38.5 Å². The van der Waals surface area contributed by atoms with E-state index in [1.165, 1.54) is 18.4 Å². The van der Waals surface area contributed by atoms with Gasteiger partial charge in [0, 0.05) is 13.1 Å². The van der Waals surface area contributed by atoms with Gasteiger partial charge in [0.05, 0.1) is 13.0 Å². The average Bonchev–Trinajstić information content (AvgIpc) is 2.33. The van der Waals surface area contributed by atoms with Gasteiger partial charge in [0.2, 0.25) is 5.91 Å². The van der Waals surface area contributed by atoms with E-state index in [1.807, 2.05) is 4.90 Å². The van der Waals surface area contributed by atoms with E-state index in [0.29, 0.717) is 13.1 Å². The number of nitrogens with zero attached hydrogens (tertiary/aromatic N) is 1. The highest BCUT2D eigenvalue weighted by Crippen LogP contribution is 2.20. The summed E-state index contributed by atoms with van der Waals surface area (Å²) in [6.45, 7) is 1.23. The van der Waals surface area contributed by atoms with Gasteiger partial charge < -0.3 is 10.8 Å². The van der Waals surface area contributed by atoms with Gasteiger partial charge in [-0.1, -0.05) is 11.6 Å². The van der Waals surface area contributed by atoms with E-state index in [-0.39, 0.29) is 13.0 Å². The van der Waals surface area contributed by atoms with Crippen molar-refractivity contribution in [1.82, 2.24) is 4.90 Å². The molecule has 0 saturated carbocycles. The topological polar surface area (TPSA) is 83.6 Å². The highest BCUT2D eigenvalue weighted by Gasteiger charge is 2.12. The Hall–Kier alpha value is -1.36. The maximum absolute atomic E-state index is 10.9. The van der Waals surface area contributed by atoms with E-state index in [2.05, 4.69) is 6.08 Å². The SMILES string of the molecule is NC(=O)CN(CCC(=O)O)CCC1=CCCCC1. The molecule has 0 bridgehead atoms. The van der Waals surface area contributed by atoms with Gasteiger partial charge in [0.1, 0.15) is 0 Å². The minimum Gasteiger partial charge on any atom is -0.481 e. The van der Waals surface area contributed by atoms with Crippen LogP contribution < -0.4 is 5.73 Å². The summed E-state index contributed by atoms with van der Waals surface area (Å²) in [7, 11) is 0. The van der Waals surface area contributed by atoms with Crippen LogP contribution in [-0.4, -0.2) is 41.5 Å². The summed E-state index contributed by atoms with van der Waals surface area (Å²) >= 11 is 0. The number of allylic oxidation sites excluding steroid dienone is 1. The van der Waals surface area contributed by atoms with Crippen molar-refractivity contribution in [3.05, 3.63) is 11.6 Å². The largest absolute Gasteiger partial charge is 0.481 e. The molecule has 0 aliphatic heterocycles. The number of hydrogen-bond donors (Lipinski definition) is 2. The fourth-order valence-corrected chi connectivity index (χ4v) is 2.18. The third-order valence-corrected chi connectivity index (χ3v) is 3.16. The Morgan fingerprint density at radius 1 is 1.33 bits per heavy atom. The predicted molar refractivity (Wildman–Crippen MR) is 69.1 cm³/mol. The number of carboxylic acid groups (broad SMARTS) is 1. The highest BCUT2D eigenvalue weighted by molar-refractivity contribution is 5.76. The number of carbonyl (C=O) groups excluding carboxylic acids is 1. The van der Waals surface area contributed by atoms with E-state index in [1.54, 1.807) is 0 Å². The molecule has 0 fully saturated rings. The van der Waals surface area contributed by atoms with Crippen LogP contribution in [-0.2, 0) is 9.59 Å². The molecule has 1 amide bonds. The smallest absolute Gasteiger partial charge is 0.304 e. The number of nitrogens with two attached hydrogens (primary N) is 1. The Morgan fingerprint density at radius 3 is 2.67 bits per heavy atom. The van der Waals surface area contributed by atoms with Crippen molar-refractivity contribution in [3.8, 4) is 0 Å². The van der Waals surface area contributed by atoms with Crippen LogP contribution in [0.2, 0.25) is 0 Å².